The third-order valence-electron chi connectivity index (χ3n) is 7.39. The third kappa shape index (κ3) is 9.38. The summed E-state index contributed by atoms with van der Waals surface area (Å²) >= 11 is 0.925. The Kier molecular flexibility index (Phi) is 9.72. The Balaban J connectivity index is 1.53. The number of carbonyl (C=O) groups is 2. The average Bonchev–Trinajstić information content (AvgIpc) is 3.55. The van der Waals surface area contributed by atoms with Crippen molar-refractivity contribution < 1.29 is 44.7 Å². The molecular formula is C28H30F8N4O2S. The second kappa shape index (κ2) is 12.8. The van der Waals surface area contributed by atoms with E-state index in [1.54, 1.807) is 25.1 Å². The molecule has 0 radical (unpaired) electrons. The van der Waals surface area contributed by atoms with Crippen LogP contribution in [0.3, 0.4) is 0 Å². The van der Waals surface area contributed by atoms with Gasteiger partial charge in [-0.25, -0.2) is 13.8 Å². The standard InChI is InChI=1S/C28H30F8N4O2S/c1-15(37-22(41)9-13-28(34,35)36)17-2-4-19-20(14-17)39-24(38-19)23(16-6-10-26(29,30)11-7-16)40-25(42)21-5-3-18(43-21)8-12-27(31,32)33/h2-5,14-16,23H,6-13H2,1H3,(H,37,41)(H,38,39)(H,40,42)/t15-,23+/m1/s1. The first kappa shape index (κ1) is 32.7. The largest absolute Gasteiger partial charge is 0.389 e. The highest BCUT2D eigenvalue weighted by molar-refractivity contribution is 7.14. The Labute approximate surface area is 245 Å². The molecule has 1 aromatic carbocycles. The second-order valence-corrected chi connectivity index (χ2v) is 12.0. The number of alkyl halides is 8. The molecule has 2 atom stereocenters. The van der Waals surface area contributed by atoms with E-state index in [1.165, 1.54) is 12.1 Å². The summed E-state index contributed by atoms with van der Waals surface area (Å²) in [6.07, 6.45) is -12.6. The second-order valence-electron chi connectivity index (χ2n) is 10.8. The number of hydrogen-bond donors (Lipinski definition) is 3. The van der Waals surface area contributed by atoms with Gasteiger partial charge in [0, 0.05) is 30.6 Å². The van der Waals surface area contributed by atoms with E-state index >= 15 is 0 Å². The summed E-state index contributed by atoms with van der Waals surface area (Å²) in [6, 6.07) is 6.37. The lowest BCUT2D eigenvalue weighted by atomic mass is 9.81. The topological polar surface area (TPSA) is 86.9 Å². The minimum absolute atomic E-state index is 0.0997. The van der Waals surface area contributed by atoms with Crippen molar-refractivity contribution in [1.29, 1.82) is 0 Å². The number of fused-ring (bicyclic) bond motifs is 1. The SMILES string of the molecule is C[C@@H](NC(=O)CCC(F)(F)F)c1ccc2[nH]c([C@@H](NC(=O)c3ccc(CCC(F)(F)F)s3)C3CCC(F)(F)CC3)nc2c1. The zero-order valence-corrected chi connectivity index (χ0v) is 23.8. The zero-order valence-electron chi connectivity index (χ0n) is 23.0. The molecule has 0 bridgehead atoms. The van der Waals surface area contributed by atoms with Gasteiger partial charge in [0.1, 0.15) is 5.82 Å². The molecule has 2 amide bonds. The first-order chi connectivity index (χ1) is 20.0. The van der Waals surface area contributed by atoms with Gasteiger partial charge in [0.15, 0.2) is 0 Å². The normalized spacial score (nSPS) is 17.5. The number of benzene rings is 1. The maximum atomic E-state index is 13.9. The van der Waals surface area contributed by atoms with Crippen molar-refractivity contribution in [3.8, 4) is 0 Å². The highest BCUT2D eigenvalue weighted by Crippen LogP contribution is 2.41. The average molecular weight is 639 g/mol. The molecule has 0 aliphatic heterocycles. The lowest BCUT2D eigenvalue weighted by Crippen LogP contribution is -2.37. The zero-order chi connectivity index (χ0) is 31.6. The predicted octanol–water partition coefficient (Wildman–Crippen LogP) is 7.94. The summed E-state index contributed by atoms with van der Waals surface area (Å²) in [4.78, 5) is 33.4. The number of aromatic nitrogens is 2. The van der Waals surface area contributed by atoms with Crippen LogP contribution in [0.5, 0.6) is 0 Å². The molecule has 1 aliphatic rings. The van der Waals surface area contributed by atoms with E-state index in [4.69, 9.17) is 0 Å². The maximum absolute atomic E-state index is 13.9. The van der Waals surface area contributed by atoms with Crippen LogP contribution in [0.4, 0.5) is 35.1 Å². The summed E-state index contributed by atoms with van der Waals surface area (Å²) in [6.45, 7) is 1.61. The van der Waals surface area contributed by atoms with Gasteiger partial charge in [0.05, 0.1) is 34.4 Å². The number of nitrogens with zero attached hydrogens (tertiary/aromatic N) is 1. The van der Waals surface area contributed by atoms with Gasteiger partial charge in [-0.05, 0) is 61.9 Å². The van der Waals surface area contributed by atoms with Crippen molar-refractivity contribution in [3.63, 3.8) is 0 Å². The van der Waals surface area contributed by atoms with E-state index in [0.29, 0.717) is 27.3 Å². The van der Waals surface area contributed by atoms with E-state index in [0.717, 1.165) is 11.3 Å². The van der Waals surface area contributed by atoms with Crippen molar-refractivity contribution in [2.45, 2.75) is 88.6 Å². The Morgan fingerprint density at radius 1 is 1.02 bits per heavy atom. The molecule has 0 saturated heterocycles. The van der Waals surface area contributed by atoms with Gasteiger partial charge < -0.3 is 15.6 Å². The molecule has 1 aliphatic carbocycles. The summed E-state index contributed by atoms with van der Waals surface area (Å²) in [5.74, 6) is -4.26. The molecule has 236 valence electrons. The molecule has 43 heavy (non-hydrogen) atoms. The van der Waals surface area contributed by atoms with Crippen molar-refractivity contribution in [2.24, 2.45) is 5.92 Å². The van der Waals surface area contributed by atoms with Gasteiger partial charge in [-0.3, -0.25) is 9.59 Å². The molecule has 15 heteroatoms. The Morgan fingerprint density at radius 2 is 1.70 bits per heavy atom. The molecular weight excluding hydrogens is 608 g/mol. The number of aromatic amines is 1. The number of nitrogens with one attached hydrogen (secondary N) is 3. The Hall–Kier alpha value is -3.23. The van der Waals surface area contributed by atoms with Crippen LogP contribution in [0.2, 0.25) is 0 Å². The first-order valence-corrected chi connectivity index (χ1v) is 14.5. The minimum Gasteiger partial charge on any atom is -0.350 e. The summed E-state index contributed by atoms with van der Waals surface area (Å²) in [7, 11) is 0. The smallest absolute Gasteiger partial charge is 0.350 e. The van der Waals surface area contributed by atoms with Crippen LogP contribution in [0, 0.1) is 5.92 Å². The molecule has 4 rings (SSSR count). The number of imidazole rings is 1. The number of halogens is 8. The van der Waals surface area contributed by atoms with Crippen LogP contribution in [0.1, 0.15) is 89.9 Å². The van der Waals surface area contributed by atoms with E-state index in [1.807, 2.05) is 0 Å². The van der Waals surface area contributed by atoms with Crippen LogP contribution in [0.25, 0.3) is 11.0 Å². The fraction of sp³-hybridized carbons (Fsp3) is 0.536. The quantitative estimate of drug-likeness (QED) is 0.197. The molecule has 0 spiro atoms. The minimum atomic E-state index is -4.45. The summed E-state index contributed by atoms with van der Waals surface area (Å²) in [5.41, 5.74) is 1.53. The number of aryl methyl sites for hydroxylation is 1. The summed E-state index contributed by atoms with van der Waals surface area (Å²) < 4.78 is 103. The number of hydrogen-bond acceptors (Lipinski definition) is 4. The van der Waals surface area contributed by atoms with Gasteiger partial charge in [-0.1, -0.05) is 6.07 Å². The molecule has 2 heterocycles. The van der Waals surface area contributed by atoms with Crippen LogP contribution < -0.4 is 10.6 Å². The van der Waals surface area contributed by atoms with Crippen LogP contribution >= 0.6 is 11.3 Å². The van der Waals surface area contributed by atoms with Crippen LogP contribution in [0.15, 0.2) is 30.3 Å². The van der Waals surface area contributed by atoms with Crippen LogP contribution in [-0.2, 0) is 11.2 Å². The Bertz CT molecular complexity index is 1420. The number of carbonyl (C=O) groups excluding carboxylic acids is 2. The van der Waals surface area contributed by atoms with Crippen molar-refractivity contribution >= 4 is 34.2 Å². The molecule has 2 aromatic heterocycles. The van der Waals surface area contributed by atoms with Gasteiger partial charge in [0.2, 0.25) is 11.8 Å². The van der Waals surface area contributed by atoms with E-state index in [9.17, 15) is 44.7 Å². The van der Waals surface area contributed by atoms with E-state index in [-0.39, 0.29) is 37.0 Å². The van der Waals surface area contributed by atoms with Crippen molar-refractivity contribution in [2.75, 3.05) is 0 Å². The molecule has 3 N–H and O–H groups in total. The lowest BCUT2D eigenvalue weighted by molar-refractivity contribution is -0.144. The fourth-order valence-corrected chi connectivity index (χ4v) is 5.94. The summed E-state index contributed by atoms with van der Waals surface area (Å²) in [5, 5.41) is 5.36. The number of rotatable bonds is 10. The molecule has 3 aromatic rings. The first-order valence-electron chi connectivity index (χ1n) is 13.7. The number of amides is 2. The van der Waals surface area contributed by atoms with Gasteiger partial charge >= 0.3 is 12.4 Å². The monoisotopic (exact) mass is 638 g/mol. The predicted molar refractivity (Wildman–Crippen MR) is 144 cm³/mol. The van der Waals surface area contributed by atoms with E-state index in [2.05, 4.69) is 20.6 Å². The number of thiophene rings is 1. The highest BCUT2D eigenvalue weighted by Gasteiger charge is 2.39. The van der Waals surface area contributed by atoms with E-state index < -0.39 is 67.4 Å². The van der Waals surface area contributed by atoms with Crippen LogP contribution in [-0.4, -0.2) is 40.1 Å². The fourth-order valence-electron chi connectivity index (χ4n) is 5.03. The van der Waals surface area contributed by atoms with Crippen molar-refractivity contribution in [3.05, 3.63) is 51.5 Å². The molecule has 1 saturated carbocycles. The van der Waals surface area contributed by atoms with Gasteiger partial charge in [-0.15, -0.1) is 11.3 Å². The molecule has 0 unspecified atom stereocenters. The molecule has 6 nitrogen and oxygen atoms in total. The highest BCUT2D eigenvalue weighted by atomic mass is 32.1. The maximum Gasteiger partial charge on any atom is 0.389 e. The molecule has 1 fully saturated rings. The van der Waals surface area contributed by atoms with Gasteiger partial charge in [-0.2, -0.15) is 26.3 Å². The third-order valence-corrected chi connectivity index (χ3v) is 8.54. The van der Waals surface area contributed by atoms with Gasteiger partial charge in [0.25, 0.3) is 5.91 Å². The Morgan fingerprint density at radius 3 is 2.35 bits per heavy atom. The van der Waals surface area contributed by atoms with Crippen molar-refractivity contribution in [1.82, 2.24) is 20.6 Å². The number of H-pyrrole nitrogens is 1. The lowest BCUT2D eigenvalue weighted by Gasteiger charge is -2.33.